The Morgan fingerprint density at radius 3 is 2.17 bits per heavy atom. The van der Waals surface area contributed by atoms with Gasteiger partial charge in [0.1, 0.15) is 12.4 Å². The number of benzene rings is 2. The van der Waals surface area contributed by atoms with Gasteiger partial charge in [-0.1, -0.05) is 12.1 Å². The largest absolute Gasteiger partial charge is 0.493 e. The monoisotopic (exact) mass is 420 g/mol. The summed E-state index contributed by atoms with van der Waals surface area (Å²) < 4.78 is 21.8. The van der Waals surface area contributed by atoms with E-state index in [1.807, 2.05) is 36.2 Å². The summed E-state index contributed by atoms with van der Waals surface area (Å²) in [5.74, 6) is 3.42. The molecule has 0 aliphatic rings. The molecule has 1 heterocycles. The van der Waals surface area contributed by atoms with Crippen molar-refractivity contribution < 1.29 is 18.9 Å². The van der Waals surface area contributed by atoms with Crippen molar-refractivity contribution >= 4 is 35.1 Å². The fourth-order valence-electron chi connectivity index (χ4n) is 2.77. The molecule has 2 N–H and O–H groups in total. The maximum atomic E-state index is 6.15. The first-order valence-electron chi connectivity index (χ1n) is 8.73. The second-order valence-electron chi connectivity index (χ2n) is 6.05. The highest BCUT2D eigenvalue weighted by molar-refractivity contribution is 5.91. The van der Waals surface area contributed by atoms with Crippen LogP contribution in [-0.2, 0) is 0 Å². The highest BCUT2D eigenvalue weighted by atomic mass is 35.5. The van der Waals surface area contributed by atoms with Gasteiger partial charge in [-0.05, 0) is 18.2 Å². The van der Waals surface area contributed by atoms with E-state index in [0.717, 1.165) is 0 Å². The number of likely N-dealkylation sites (N-methyl/N-ethyl adjacent to an activating group) is 1. The molecule has 1 aromatic heterocycles. The summed E-state index contributed by atoms with van der Waals surface area (Å²) in [4.78, 5) is 10.9. The average Bonchev–Trinajstić information content (AvgIpc) is 2.72. The Hall–Kier alpha value is -3.13. The standard InChI is InChI=1S/C20H24N4O4.ClH/c1-24(9-10-28-16-8-6-5-7-15(16)25-2)20-22-14-12-18(27-4)17(26-3)11-13(14)19(21)23-20;/h5-8,11-12H,9-10H2,1-4H3,(H2,21,22,23);1H. The van der Waals surface area contributed by atoms with Crippen LogP contribution in [0.1, 0.15) is 0 Å². The van der Waals surface area contributed by atoms with Gasteiger partial charge in [-0.15, -0.1) is 12.4 Å². The Labute approximate surface area is 176 Å². The number of nitrogens with zero attached hydrogens (tertiary/aromatic N) is 3. The van der Waals surface area contributed by atoms with Gasteiger partial charge in [-0.3, -0.25) is 0 Å². The van der Waals surface area contributed by atoms with Gasteiger partial charge in [-0.2, -0.15) is 4.98 Å². The summed E-state index contributed by atoms with van der Waals surface area (Å²) >= 11 is 0. The molecule has 0 atom stereocenters. The smallest absolute Gasteiger partial charge is 0.227 e. The number of hydrogen-bond donors (Lipinski definition) is 1. The third-order valence-electron chi connectivity index (χ3n) is 4.31. The summed E-state index contributed by atoms with van der Waals surface area (Å²) in [7, 11) is 6.65. The zero-order valence-corrected chi connectivity index (χ0v) is 17.7. The minimum Gasteiger partial charge on any atom is -0.493 e. The molecule has 0 bridgehead atoms. The van der Waals surface area contributed by atoms with Gasteiger partial charge in [0.25, 0.3) is 0 Å². The number of nitrogens with two attached hydrogens (primary N) is 1. The Morgan fingerprint density at radius 2 is 1.52 bits per heavy atom. The first kappa shape index (κ1) is 22.2. The molecule has 0 amide bonds. The van der Waals surface area contributed by atoms with Crippen LogP contribution >= 0.6 is 12.4 Å². The van der Waals surface area contributed by atoms with Crippen LogP contribution in [0.5, 0.6) is 23.0 Å². The molecule has 0 aliphatic carbocycles. The van der Waals surface area contributed by atoms with E-state index in [1.165, 1.54) is 0 Å². The van der Waals surface area contributed by atoms with E-state index in [2.05, 4.69) is 9.97 Å². The summed E-state index contributed by atoms with van der Waals surface area (Å²) in [5.41, 5.74) is 6.82. The Balaban J connectivity index is 0.00000300. The highest BCUT2D eigenvalue weighted by Gasteiger charge is 2.14. The minimum absolute atomic E-state index is 0. The minimum atomic E-state index is 0. The van der Waals surface area contributed by atoms with Crippen LogP contribution in [0, 0.1) is 0 Å². The van der Waals surface area contributed by atoms with Gasteiger partial charge < -0.3 is 29.6 Å². The first-order chi connectivity index (χ1) is 13.6. The van der Waals surface area contributed by atoms with Gasteiger partial charge in [0.15, 0.2) is 23.0 Å². The number of halogens is 1. The summed E-state index contributed by atoms with van der Waals surface area (Å²) in [6.45, 7) is 1.00. The molecule has 0 saturated carbocycles. The number of aromatic nitrogens is 2. The van der Waals surface area contributed by atoms with E-state index in [1.54, 1.807) is 33.5 Å². The quantitative estimate of drug-likeness (QED) is 0.594. The second kappa shape index (κ2) is 9.88. The van der Waals surface area contributed by atoms with E-state index < -0.39 is 0 Å². The molecule has 0 aliphatic heterocycles. The van der Waals surface area contributed by atoms with Crippen LogP contribution in [-0.4, -0.2) is 51.5 Å². The Morgan fingerprint density at radius 1 is 0.897 bits per heavy atom. The molecule has 8 nitrogen and oxygen atoms in total. The van der Waals surface area contributed by atoms with Crippen LogP contribution in [0.3, 0.4) is 0 Å². The predicted octanol–water partition coefficient (Wildman–Crippen LogP) is 3.17. The van der Waals surface area contributed by atoms with Gasteiger partial charge >= 0.3 is 0 Å². The second-order valence-corrected chi connectivity index (χ2v) is 6.05. The normalized spacial score (nSPS) is 10.2. The van der Waals surface area contributed by atoms with Gasteiger partial charge in [-0.25, -0.2) is 4.98 Å². The fraction of sp³-hybridized carbons (Fsp3) is 0.300. The maximum absolute atomic E-state index is 6.15. The van der Waals surface area contributed by atoms with E-state index in [-0.39, 0.29) is 12.4 Å². The Kier molecular flexibility index (Phi) is 7.55. The Bertz CT molecular complexity index is 971. The number of nitrogen functional groups attached to an aromatic ring is 1. The first-order valence-corrected chi connectivity index (χ1v) is 8.73. The third-order valence-corrected chi connectivity index (χ3v) is 4.31. The topological polar surface area (TPSA) is 92.0 Å². The zero-order valence-electron chi connectivity index (χ0n) is 16.8. The summed E-state index contributed by atoms with van der Waals surface area (Å²) in [6.07, 6.45) is 0. The zero-order chi connectivity index (χ0) is 20.1. The van der Waals surface area contributed by atoms with E-state index in [0.29, 0.717) is 58.8 Å². The van der Waals surface area contributed by atoms with Crippen molar-refractivity contribution in [1.29, 1.82) is 0 Å². The molecule has 0 unspecified atom stereocenters. The lowest BCUT2D eigenvalue weighted by Gasteiger charge is -2.19. The molecule has 0 fully saturated rings. The summed E-state index contributed by atoms with van der Waals surface area (Å²) in [6, 6.07) is 11.1. The number of para-hydroxylation sites is 2. The number of fused-ring (bicyclic) bond motifs is 1. The number of rotatable bonds is 8. The lowest BCUT2D eigenvalue weighted by molar-refractivity contribution is 0.300. The van der Waals surface area contributed by atoms with Crippen LogP contribution in [0.25, 0.3) is 10.9 Å². The van der Waals surface area contributed by atoms with Crippen LogP contribution < -0.4 is 29.6 Å². The van der Waals surface area contributed by atoms with Gasteiger partial charge in [0.05, 0.1) is 33.4 Å². The highest BCUT2D eigenvalue weighted by Crippen LogP contribution is 2.34. The van der Waals surface area contributed by atoms with Gasteiger partial charge in [0.2, 0.25) is 5.95 Å². The van der Waals surface area contributed by atoms with Crippen molar-refractivity contribution in [1.82, 2.24) is 9.97 Å². The molecule has 0 radical (unpaired) electrons. The lowest BCUT2D eigenvalue weighted by atomic mass is 10.2. The van der Waals surface area contributed by atoms with Crippen LogP contribution in [0.4, 0.5) is 11.8 Å². The van der Waals surface area contributed by atoms with Crippen molar-refractivity contribution in [3.05, 3.63) is 36.4 Å². The van der Waals surface area contributed by atoms with Gasteiger partial charge in [0, 0.05) is 18.5 Å². The van der Waals surface area contributed by atoms with E-state index in [4.69, 9.17) is 24.7 Å². The summed E-state index contributed by atoms with van der Waals surface area (Å²) in [5, 5.41) is 0.708. The number of anilines is 2. The van der Waals surface area contributed by atoms with Crippen LogP contribution in [0.2, 0.25) is 0 Å². The molecule has 9 heteroatoms. The number of hydrogen-bond acceptors (Lipinski definition) is 8. The van der Waals surface area contributed by atoms with Crippen molar-refractivity contribution in [2.75, 3.05) is 52.2 Å². The molecular weight excluding hydrogens is 396 g/mol. The average molecular weight is 421 g/mol. The molecule has 2 aromatic carbocycles. The fourth-order valence-corrected chi connectivity index (χ4v) is 2.77. The SMILES string of the molecule is COc1cc2nc(N(C)CCOc3ccccc3OC)nc(N)c2cc1OC.Cl. The molecule has 0 saturated heterocycles. The number of ether oxygens (including phenoxy) is 4. The molecule has 29 heavy (non-hydrogen) atoms. The van der Waals surface area contributed by atoms with Crippen molar-refractivity contribution in [2.45, 2.75) is 0 Å². The molecule has 3 aromatic rings. The molecule has 156 valence electrons. The van der Waals surface area contributed by atoms with E-state index in [9.17, 15) is 0 Å². The maximum Gasteiger partial charge on any atom is 0.227 e. The predicted molar refractivity (Wildman–Crippen MR) is 116 cm³/mol. The lowest BCUT2D eigenvalue weighted by Crippen LogP contribution is -2.26. The van der Waals surface area contributed by atoms with Crippen molar-refractivity contribution in [2.24, 2.45) is 0 Å². The van der Waals surface area contributed by atoms with Crippen molar-refractivity contribution in [3.63, 3.8) is 0 Å². The molecule has 3 rings (SSSR count). The third kappa shape index (κ3) is 4.83. The van der Waals surface area contributed by atoms with Crippen LogP contribution in [0.15, 0.2) is 36.4 Å². The van der Waals surface area contributed by atoms with E-state index >= 15 is 0 Å². The number of methoxy groups -OCH3 is 3. The molecular formula is C20H25ClN4O4. The van der Waals surface area contributed by atoms with Crippen molar-refractivity contribution in [3.8, 4) is 23.0 Å². The molecule has 0 spiro atoms.